The normalized spacial score (nSPS) is 17.1. The number of halogens is 3. The van der Waals surface area contributed by atoms with E-state index in [2.05, 4.69) is 0 Å². The van der Waals surface area contributed by atoms with Gasteiger partial charge in [-0.25, -0.2) is 22.9 Å². The van der Waals surface area contributed by atoms with Crippen LogP contribution in [-0.4, -0.2) is 40.3 Å². The molecule has 0 bridgehead atoms. The molecule has 4 amide bonds. The first-order valence-corrected chi connectivity index (χ1v) is 8.23. The van der Waals surface area contributed by atoms with Gasteiger partial charge in [0.25, 0.3) is 0 Å². The van der Waals surface area contributed by atoms with Gasteiger partial charge in [0.05, 0.1) is 5.69 Å². The first-order valence-electron chi connectivity index (χ1n) is 8.23. The number of urea groups is 1. The van der Waals surface area contributed by atoms with Crippen LogP contribution in [0.2, 0.25) is 0 Å². The summed E-state index contributed by atoms with van der Waals surface area (Å²) in [6.07, 6.45) is -0.0422. The Balaban J connectivity index is 1.95. The highest BCUT2D eigenvalue weighted by molar-refractivity contribution is 6.29. The Kier molecular flexibility index (Phi) is 5.31. The fourth-order valence-corrected chi connectivity index (χ4v) is 2.87. The van der Waals surface area contributed by atoms with E-state index < -0.39 is 51.9 Å². The summed E-state index contributed by atoms with van der Waals surface area (Å²) in [6, 6.07) is 3.63. The van der Waals surface area contributed by atoms with Gasteiger partial charge < -0.3 is 0 Å². The molecule has 1 saturated heterocycles. The molecule has 1 atom stereocenters. The van der Waals surface area contributed by atoms with Gasteiger partial charge in [0.2, 0.25) is 0 Å². The van der Waals surface area contributed by atoms with E-state index in [0.717, 1.165) is 12.1 Å². The van der Waals surface area contributed by atoms with Crippen LogP contribution < -0.4 is 4.90 Å². The number of carbonyl (C=O) groups excluding carboxylic acids is 3. The topological polar surface area (TPSA) is 101 Å². The van der Waals surface area contributed by atoms with Gasteiger partial charge in [-0.3, -0.25) is 24.6 Å². The molecule has 1 aliphatic rings. The van der Waals surface area contributed by atoms with Gasteiger partial charge in [0, 0.05) is 17.5 Å². The molecule has 0 saturated carbocycles. The van der Waals surface area contributed by atoms with E-state index in [1.807, 2.05) is 0 Å². The van der Waals surface area contributed by atoms with Crippen LogP contribution in [0.3, 0.4) is 0 Å². The smallest absolute Gasteiger partial charge is 0.266 e. The summed E-state index contributed by atoms with van der Waals surface area (Å²) in [5.41, 5.74) is -0.0615. The molecular weight excluding hydrogens is 395 g/mol. The SMILES string of the molecule is O=C1C([N+](=O)[O-])C(=O)N(c2ccc(F)c(F)c2)C(=O)N1CCc1cccc(F)c1. The number of amides is 4. The van der Waals surface area contributed by atoms with Crippen molar-refractivity contribution in [3.63, 3.8) is 0 Å². The third kappa shape index (κ3) is 3.79. The Morgan fingerprint density at radius 2 is 1.69 bits per heavy atom. The highest BCUT2D eigenvalue weighted by atomic mass is 19.2. The summed E-state index contributed by atoms with van der Waals surface area (Å²) in [4.78, 5) is 48.3. The lowest BCUT2D eigenvalue weighted by molar-refractivity contribution is -0.495. The lowest BCUT2D eigenvalue weighted by atomic mass is 10.1. The molecule has 1 heterocycles. The molecule has 2 aromatic carbocycles. The molecule has 0 spiro atoms. The van der Waals surface area contributed by atoms with Crippen molar-refractivity contribution in [2.45, 2.75) is 12.5 Å². The van der Waals surface area contributed by atoms with Gasteiger partial charge in [-0.15, -0.1) is 0 Å². The Hall–Kier alpha value is -3.76. The fraction of sp³-hybridized carbons (Fsp3) is 0.167. The van der Waals surface area contributed by atoms with Crippen molar-refractivity contribution in [1.82, 2.24) is 4.90 Å². The maximum absolute atomic E-state index is 13.6. The standard InChI is InChI=1S/C18H12F3N3O5/c19-11-3-1-2-10(8-11)6-7-22-16(25)15(24(28)29)17(26)23(18(22)27)12-4-5-13(20)14(21)9-12/h1-5,8-9,15H,6-7H2. The van der Waals surface area contributed by atoms with E-state index >= 15 is 0 Å². The lowest BCUT2D eigenvalue weighted by Gasteiger charge is -2.33. The van der Waals surface area contributed by atoms with Gasteiger partial charge in [-0.05, 0) is 36.2 Å². The van der Waals surface area contributed by atoms with Crippen LogP contribution >= 0.6 is 0 Å². The molecular formula is C18H12F3N3O5. The quantitative estimate of drug-likeness (QED) is 0.430. The number of imide groups is 2. The summed E-state index contributed by atoms with van der Waals surface area (Å²) < 4.78 is 40.0. The summed E-state index contributed by atoms with van der Waals surface area (Å²) in [6.45, 7) is -0.390. The van der Waals surface area contributed by atoms with Crippen LogP contribution in [0.15, 0.2) is 42.5 Å². The van der Waals surface area contributed by atoms with Gasteiger partial charge in [-0.2, -0.15) is 0 Å². The van der Waals surface area contributed by atoms with Crippen molar-refractivity contribution in [2.24, 2.45) is 0 Å². The molecule has 150 valence electrons. The number of anilines is 1. The van der Waals surface area contributed by atoms with Crippen molar-refractivity contribution in [1.29, 1.82) is 0 Å². The molecule has 2 aromatic rings. The largest absolute Gasteiger partial charge is 0.367 e. The van der Waals surface area contributed by atoms with Crippen molar-refractivity contribution in [2.75, 3.05) is 11.4 Å². The molecule has 29 heavy (non-hydrogen) atoms. The zero-order valence-electron chi connectivity index (χ0n) is 14.5. The zero-order chi connectivity index (χ0) is 21.3. The van der Waals surface area contributed by atoms with Crippen molar-refractivity contribution < 1.29 is 32.5 Å². The minimum Gasteiger partial charge on any atom is -0.266 e. The monoisotopic (exact) mass is 407 g/mol. The van der Waals surface area contributed by atoms with Crippen LogP contribution in [-0.2, 0) is 16.0 Å². The van der Waals surface area contributed by atoms with E-state index in [1.54, 1.807) is 0 Å². The Bertz CT molecular complexity index is 1030. The molecule has 0 aliphatic carbocycles. The molecule has 0 radical (unpaired) electrons. The third-order valence-corrected chi connectivity index (χ3v) is 4.26. The van der Waals surface area contributed by atoms with Gasteiger partial charge >= 0.3 is 23.9 Å². The van der Waals surface area contributed by atoms with Crippen molar-refractivity contribution in [3.05, 3.63) is 75.6 Å². The number of nitro groups is 1. The Labute approximate surface area is 161 Å². The molecule has 11 heteroatoms. The Morgan fingerprint density at radius 1 is 0.966 bits per heavy atom. The predicted octanol–water partition coefficient (Wildman–Crippen LogP) is 2.29. The van der Waals surface area contributed by atoms with Gasteiger partial charge in [0.15, 0.2) is 11.6 Å². The number of benzene rings is 2. The maximum atomic E-state index is 13.6. The molecule has 3 rings (SSSR count). The van der Waals surface area contributed by atoms with Gasteiger partial charge in [-0.1, -0.05) is 12.1 Å². The number of rotatable bonds is 5. The number of barbiturate groups is 1. The second kappa shape index (κ2) is 7.70. The highest BCUT2D eigenvalue weighted by Crippen LogP contribution is 2.25. The fourth-order valence-electron chi connectivity index (χ4n) is 2.87. The van der Waals surface area contributed by atoms with Crippen molar-refractivity contribution >= 4 is 23.5 Å². The van der Waals surface area contributed by atoms with Crippen LogP contribution in [0.1, 0.15) is 5.56 Å². The van der Waals surface area contributed by atoms with Gasteiger partial charge in [0.1, 0.15) is 5.82 Å². The van der Waals surface area contributed by atoms with Crippen LogP contribution in [0.25, 0.3) is 0 Å². The molecule has 0 N–H and O–H groups in total. The summed E-state index contributed by atoms with van der Waals surface area (Å²) >= 11 is 0. The van der Waals surface area contributed by atoms with E-state index in [0.29, 0.717) is 22.6 Å². The molecule has 1 fully saturated rings. The van der Waals surface area contributed by atoms with Crippen LogP contribution in [0.5, 0.6) is 0 Å². The van der Waals surface area contributed by atoms with E-state index in [1.165, 1.54) is 18.2 Å². The number of nitrogens with zero attached hydrogens (tertiary/aromatic N) is 3. The molecule has 8 nitrogen and oxygen atoms in total. The number of hydrogen-bond acceptors (Lipinski definition) is 5. The van der Waals surface area contributed by atoms with E-state index in [9.17, 15) is 37.7 Å². The summed E-state index contributed by atoms with van der Waals surface area (Å²) in [7, 11) is 0. The first-order chi connectivity index (χ1) is 13.7. The third-order valence-electron chi connectivity index (χ3n) is 4.26. The average Bonchev–Trinajstić information content (AvgIpc) is 2.64. The maximum Gasteiger partial charge on any atom is 0.367 e. The zero-order valence-corrected chi connectivity index (χ0v) is 14.5. The van der Waals surface area contributed by atoms with Crippen LogP contribution in [0, 0.1) is 27.6 Å². The second-order valence-corrected chi connectivity index (χ2v) is 6.11. The molecule has 1 aliphatic heterocycles. The lowest BCUT2D eigenvalue weighted by Crippen LogP contribution is -2.65. The molecule has 1 unspecified atom stereocenters. The minimum atomic E-state index is -2.42. The minimum absolute atomic E-state index is 0.0422. The summed E-state index contributed by atoms with van der Waals surface area (Å²) in [5.74, 6) is -6.04. The van der Waals surface area contributed by atoms with Crippen molar-refractivity contribution in [3.8, 4) is 0 Å². The average molecular weight is 407 g/mol. The number of carbonyl (C=O) groups is 3. The highest BCUT2D eigenvalue weighted by Gasteiger charge is 2.53. The second-order valence-electron chi connectivity index (χ2n) is 6.11. The summed E-state index contributed by atoms with van der Waals surface area (Å²) in [5, 5.41) is 11.3. The van der Waals surface area contributed by atoms with E-state index in [-0.39, 0.29) is 17.9 Å². The number of hydrogen-bond donors (Lipinski definition) is 0. The van der Waals surface area contributed by atoms with Crippen LogP contribution in [0.4, 0.5) is 23.7 Å². The Morgan fingerprint density at radius 3 is 2.31 bits per heavy atom. The predicted molar refractivity (Wildman–Crippen MR) is 91.8 cm³/mol. The van der Waals surface area contributed by atoms with E-state index in [4.69, 9.17) is 0 Å². The molecule has 0 aromatic heterocycles. The first kappa shape index (κ1) is 20.0.